The average Bonchev–Trinajstić information content (AvgIpc) is 3.39. The highest BCUT2D eigenvalue weighted by Crippen LogP contribution is 2.89. The van der Waals surface area contributed by atoms with Crippen LogP contribution in [0.25, 0.3) is 0 Å². The summed E-state index contributed by atoms with van der Waals surface area (Å²) in [5.41, 5.74) is 0.955. The predicted octanol–water partition coefficient (Wildman–Crippen LogP) is 7.23. The highest BCUT2D eigenvalue weighted by atomic mass is 16.5. The quantitative estimate of drug-likeness (QED) is 0.414. The number of fused-ring (bicyclic) bond motifs is 2. The summed E-state index contributed by atoms with van der Waals surface area (Å²) in [7, 11) is 1.91. The fourth-order valence-electron chi connectivity index (χ4n) is 11.6. The molecule has 11 atom stereocenters. The van der Waals surface area contributed by atoms with Gasteiger partial charge in [0.2, 0.25) is 0 Å². The van der Waals surface area contributed by atoms with Crippen molar-refractivity contribution in [3.8, 4) is 0 Å². The van der Waals surface area contributed by atoms with Gasteiger partial charge in [0.25, 0.3) is 0 Å². The Morgan fingerprint density at radius 3 is 2.23 bits per heavy atom. The Morgan fingerprint density at radius 2 is 1.60 bits per heavy atom. The molecule has 5 rings (SSSR count). The Morgan fingerprint density at radius 1 is 0.943 bits per heavy atom. The van der Waals surface area contributed by atoms with E-state index in [1.54, 1.807) is 0 Å². The Kier molecular flexibility index (Phi) is 6.02. The van der Waals surface area contributed by atoms with Gasteiger partial charge >= 0.3 is 0 Å². The average molecular weight is 489 g/mol. The van der Waals surface area contributed by atoms with Crippen LogP contribution < -0.4 is 0 Å². The molecule has 202 valence electrons. The molecule has 0 aromatic rings. The van der Waals surface area contributed by atoms with Crippen molar-refractivity contribution >= 4 is 0 Å². The van der Waals surface area contributed by atoms with Crippen LogP contribution in [0.4, 0.5) is 0 Å². The summed E-state index contributed by atoms with van der Waals surface area (Å²) >= 11 is 0. The number of hydrogen-bond acceptors (Lipinski definition) is 3. The molecular weight excluding hydrogens is 432 g/mol. The lowest BCUT2D eigenvalue weighted by molar-refractivity contribution is -0.201. The highest BCUT2D eigenvalue weighted by Gasteiger charge is 2.84. The van der Waals surface area contributed by atoms with Gasteiger partial charge in [0.15, 0.2) is 0 Å². The molecule has 3 nitrogen and oxygen atoms in total. The molecule has 35 heavy (non-hydrogen) atoms. The second-order valence-corrected chi connectivity index (χ2v) is 15.9. The van der Waals surface area contributed by atoms with Crippen LogP contribution in [0.3, 0.4) is 0 Å². The molecule has 5 saturated carbocycles. The molecule has 5 aliphatic rings. The topological polar surface area (TPSA) is 49.7 Å². The third-order valence-electron chi connectivity index (χ3n) is 14.5. The molecule has 5 fully saturated rings. The van der Waals surface area contributed by atoms with Crippen molar-refractivity contribution < 1.29 is 14.9 Å². The molecule has 2 spiro atoms. The molecule has 3 heteroatoms. The van der Waals surface area contributed by atoms with Crippen molar-refractivity contribution in [1.82, 2.24) is 0 Å². The molecule has 0 bridgehead atoms. The minimum absolute atomic E-state index is 0.00869. The summed E-state index contributed by atoms with van der Waals surface area (Å²) in [4.78, 5) is 0. The van der Waals surface area contributed by atoms with Crippen molar-refractivity contribution in [2.45, 2.75) is 137 Å². The van der Waals surface area contributed by atoms with E-state index < -0.39 is 5.60 Å². The van der Waals surface area contributed by atoms with Gasteiger partial charge in [0.1, 0.15) is 0 Å². The molecule has 0 amide bonds. The maximum absolute atomic E-state index is 11.1. The van der Waals surface area contributed by atoms with E-state index >= 15 is 0 Å². The number of rotatable bonds is 6. The largest absolute Gasteiger partial charge is 0.392 e. The van der Waals surface area contributed by atoms with Gasteiger partial charge in [-0.2, -0.15) is 0 Å². The molecule has 0 aromatic heterocycles. The van der Waals surface area contributed by atoms with Gasteiger partial charge in [-0.05, 0) is 116 Å². The Bertz CT molecular complexity index is 833. The van der Waals surface area contributed by atoms with Crippen LogP contribution in [0.2, 0.25) is 0 Å². The van der Waals surface area contributed by atoms with Gasteiger partial charge in [0, 0.05) is 18.9 Å². The predicted molar refractivity (Wildman–Crippen MR) is 143 cm³/mol. The van der Waals surface area contributed by atoms with Gasteiger partial charge in [-0.1, -0.05) is 48.5 Å². The van der Waals surface area contributed by atoms with Crippen LogP contribution >= 0.6 is 0 Å². The molecule has 2 N–H and O–H groups in total. The van der Waals surface area contributed by atoms with Crippen molar-refractivity contribution in [3.05, 3.63) is 0 Å². The first kappa shape index (κ1) is 26.5. The number of methoxy groups -OCH3 is 1. The van der Waals surface area contributed by atoms with Gasteiger partial charge < -0.3 is 14.9 Å². The second-order valence-electron chi connectivity index (χ2n) is 15.9. The number of aliphatic hydroxyl groups is 2. The maximum Gasteiger partial charge on any atom is 0.0660 e. The zero-order chi connectivity index (χ0) is 25.8. The maximum atomic E-state index is 11.1. The van der Waals surface area contributed by atoms with E-state index in [0.717, 1.165) is 31.1 Å². The van der Waals surface area contributed by atoms with Crippen LogP contribution in [0.15, 0.2) is 0 Å². The Balaban J connectivity index is 1.42. The van der Waals surface area contributed by atoms with Crippen LogP contribution in [-0.2, 0) is 4.74 Å². The van der Waals surface area contributed by atoms with E-state index in [1.807, 2.05) is 14.0 Å². The van der Waals surface area contributed by atoms with Crippen LogP contribution in [0, 0.1) is 56.7 Å². The molecule has 0 aromatic carbocycles. The normalized spacial score (nSPS) is 52.6. The SMILES string of the molecule is COC1C[C@H](O)C(C)(C)[C@@H]2CC[C@@H]3[C@]4(CC[C@]5(C)[C@@H]([C@H](C)CCC(C)(O)C(C)C)CC[C@@]35C)C[C@]124. The molecule has 0 heterocycles. The van der Waals surface area contributed by atoms with E-state index in [9.17, 15) is 10.2 Å². The van der Waals surface area contributed by atoms with Crippen molar-refractivity contribution in [3.63, 3.8) is 0 Å². The third kappa shape index (κ3) is 3.19. The van der Waals surface area contributed by atoms with Crippen LogP contribution in [0.5, 0.6) is 0 Å². The van der Waals surface area contributed by atoms with Gasteiger partial charge in [-0.15, -0.1) is 0 Å². The Hall–Kier alpha value is -0.120. The summed E-state index contributed by atoms with van der Waals surface area (Å²) in [5, 5.41) is 22.0. The minimum Gasteiger partial charge on any atom is -0.392 e. The number of hydrogen-bond donors (Lipinski definition) is 2. The van der Waals surface area contributed by atoms with Crippen molar-refractivity contribution in [2.75, 3.05) is 7.11 Å². The first-order valence-corrected chi connectivity index (χ1v) is 15.1. The number of ether oxygens (including phenoxy) is 1. The van der Waals surface area contributed by atoms with Gasteiger partial charge in [-0.25, -0.2) is 0 Å². The fourth-order valence-corrected chi connectivity index (χ4v) is 11.6. The monoisotopic (exact) mass is 488 g/mol. The zero-order valence-electron chi connectivity index (χ0n) is 24.4. The number of aliphatic hydroxyl groups excluding tert-OH is 1. The molecular formula is C32H56O3. The summed E-state index contributed by atoms with van der Waals surface area (Å²) in [6.07, 6.45) is 12.2. The fraction of sp³-hybridized carbons (Fsp3) is 1.00. The minimum atomic E-state index is -0.556. The second kappa shape index (κ2) is 7.95. The summed E-state index contributed by atoms with van der Waals surface area (Å²) in [6.45, 7) is 18.9. The molecule has 0 aliphatic heterocycles. The van der Waals surface area contributed by atoms with E-state index in [-0.39, 0.29) is 23.0 Å². The molecule has 2 unspecified atom stereocenters. The van der Waals surface area contributed by atoms with Gasteiger partial charge in [-0.3, -0.25) is 0 Å². The van der Waals surface area contributed by atoms with E-state index in [4.69, 9.17) is 4.74 Å². The smallest absolute Gasteiger partial charge is 0.0660 e. The van der Waals surface area contributed by atoms with Crippen molar-refractivity contribution in [1.29, 1.82) is 0 Å². The summed E-state index contributed by atoms with van der Waals surface area (Å²) in [6, 6.07) is 0. The lowest BCUT2D eigenvalue weighted by atomic mass is 9.41. The lowest BCUT2D eigenvalue weighted by Gasteiger charge is -2.64. The molecule has 0 radical (unpaired) electrons. The summed E-state index contributed by atoms with van der Waals surface area (Å²) < 4.78 is 6.24. The van der Waals surface area contributed by atoms with E-state index in [0.29, 0.717) is 34.0 Å². The van der Waals surface area contributed by atoms with Crippen molar-refractivity contribution in [2.24, 2.45) is 56.7 Å². The molecule has 0 saturated heterocycles. The van der Waals surface area contributed by atoms with E-state index in [2.05, 4.69) is 48.5 Å². The first-order chi connectivity index (χ1) is 16.1. The van der Waals surface area contributed by atoms with Crippen LogP contribution in [-0.4, -0.2) is 35.1 Å². The first-order valence-electron chi connectivity index (χ1n) is 15.1. The van der Waals surface area contributed by atoms with E-state index in [1.165, 1.54) is 44.9 Å². The zero-order valence-corrected chi connectivity index (χ0v) is 24.4. The van der Waals surface area contributed by atoms with Gasteiger partial charge in [0.05, 0.1) is 17.8 Å². The summed E-state index contributed by atoms with van der Waals surface area (Å²) in [5.74, 6) is 3.12. The van der Waals surface area contributed by atoms with Crippen LogP contribution in [0.1, 0.15) is 120 Å². The lowest BCUT2D eigenvalue weighted by Crippen LogP contribution is -2.61. The third-order valence-corrected chi connectivity index (χ3v) is 14.5. The molecule has 5 aliphatic carbocycles. The Labute approximate surface area is 216 Å². The highest BCUT2D eigenvalue weighted by molar-refractivity contribution is 5.32. The standard InChI is InChI=1S/C32H56O3/c1-20(2)30(8,34)15-12-21(3)22-13-14-29(7)24-11-10-23-27(4,5)25(33)18-26(35-9)32(23)19-31(24,32)17-16-28(22,29)6/h20-26,33-34H,10-19H2,1-9H3/t21-,22-,23+,24+,25+,26?,28-,29+,30?,31+,32-/m1/s1.